The zero-order valence-corrected chi connectivity index (χ0v) is 26.7. The molecule has 4 rings (SSSR count). The quantitative estimate of drug-likeness (QED) is 0.221. The molecule has 4 aromatic rings. The van der Waals surface area contributed by atoms with Crippen LogP contribution >= 0.6 is 11.6 Å². The maximum atomic E-state index is 14.4. The molecule has 0 unspecified atom stereocenters. The van der Waals surface area contributed by atoms with Crippen molar-refractivity contribution in [3.8, 4) is 5.75 Å². The van der Waals surface area contributed by atoms with Crippen LogP contribution in [0.3, 0.4) is 0 Å². The van der Waals surface area contributed by atoms with Crippen molar-refractivity contribution >= 4 is 39.1 Å². The summed E-state index contributed by atoms with van der Waals surface area (Å²) < 4.78 is 34.5. The lowest BCUT2D eigenvalue weighted by Crippen LogP contribution is -2.53. The van der Waals surface area contributed by atoms with Crippen LogP contribution in [0.5, 0.6) is 5.75 Å². The van der Waals surface area contributed by atoms with Crippen LogP contribution in [-0.4, -0.2) is 51.9 Å². The van der Waals surface area contributed by atoms with Gasteiger partial charge in [-0.2, -0.15) is 0 Å². The van der Waals surface area contributed by atoms with Gasteiger partial charge < -0.3 is 15.0 Å². The minimum atomic E-state index is -4.24. The number of amides is 2. The first-order chi connectivity index (χ1) is 21.0. The summed E-state index contributed by atoms with van der Waals surface area (Å²) in [7, 11) is -1.26. The van der Waals surface area contributed by atoms with Crippen LogP contribution in [0.25, 0.3) is 0 Å². The highest BCUT2D eigenvalue weighted by Gasteiger charge is 2.34. The zero-order chi connectivity index (χ0) is 31.9. The number of methoxy groups -OCH3 is 1. The summed E-state index contributed by atoms with van der Waals surface area (Å²) in [5, 5.41) is 2.87. The molecule has 0 saturated carbocycles. The number of ether oxygens (including phenoxy) is 1. The van der Waals surface area contributed by atoms with E-state index in [1.165, 1.54) is 43.3 Å². The number of likely N-dealkylation sites (N-methyl/N-ethyl adjacent to an activating group) is 1. The highest BCUT2D eigenvalue weighted by molar-refractivity contribution is 7.92. The second-order valence-corrected chi connectivity index (χ2v) is 12.7. The Morgan fingerprint density at radius 2 is 1.55 bits per heavy atom. The fraction of sp³-hybridized carbons (Fsp3) is 0.235. The number of rotatable bonds is 12. The summed E-state index contributed by atoms with van der Waals surface area (Å²) in [6.45, 7) is 3.31. The molecule has 230 valence electrons. The fourth-order valence-electron chi connectivity index (χ4n) is 4.90. The monoisotopic (exact) mass is 633 g/mol. The van der Waals surface area contributed by atoms with Crippen molar-refractivity contribution in [3.63, 3.8) is 0 Å². The highest BCUT2D eigenvalue weighted by Crippen LogP contribution is 2.32. The van der Waals surface area contributed by atoms with E-state index in [-0.39, 0.29) is 34.5 Å². The third-order valence-corrected chi connectivity index (χ3v) is 9.35. The highest BCUT2D eigenvalue weighted by atomic mass is 35.5. The van der Waals surface area contributed by atoms with Gasteiger partial charge in [-0.1, -0.05) is 89.5 Å². The van der Waals surface area contributed by atoms with E-state index in [1.54, 1.807) is 18.2 Å². The predicted octanol–water partition coefficient (Wildman–Crippen LogP) is 5.55. The average molecular weight is 634 g/mol. The predicted molar refractivity (Wildman–Crippen MR) is 173 cm³/mol. The molecule has 2 amide bonds. The molecule has 1 atom stereocenters. The van der Waals surface area contributed by atoms with Gasteiger partial charge in [-0.3, -0.25) is 13.9 Å². The van der Waals surface area contributed by atoms with Crippen LogP contribution in [0.4, 0.5) is 5.69 Å². The third-order valence-electron chi connectivity index (χ3n) is 7.26. The van der Waals surface area contributed by atoms with Crippen molar-refractivity contribution in [2.45, 2.75) is 37.8 Å². The number of anilines is 1. The second-order valence-electron chi connectivity index (χ2n) is 10.5. The van der Waals surface area contributed by atoms with E-state index >= 15 is 0 Å². The zero-order valence-electron chi connectivity index (χ0n) is 25.2. The molecule has 0 aromatic heterocycles. The van der Waals surface area contributed by atoms with Crippen LogP contribution in [0.2, 0.25) is 5.02 Å². The largest absolute Gasteiger partial charge is 0.495 e. The number of aryl methyl sites for hydroxylation is 2. The van der Waals surface area contributed by atoms with Gasteiger partial charge in [0, 0.05) is 20.0 Å². The molecule has 0 saturated heterocycles. The van der Waals surface area contributed by atoms with Gasteiger partial charge in [0.2, 0.25) is 11.8 Å². The van der Waals surface area contributed by atoms with Crippen molar-refractivity contribution in [1.82, 2.24) is 10.2 Å². The smallest absolute Gasteiger partial charge is 0.264 e. The van der Waals surface area contributed by atoms with Gasteiger partial charge >= 0.3 is 0 Å². The molecule has 0 fully saturated rings. The van der Waals surface area contributed by atoms with Gasteiger partial charge in [0.05, 0.1) is 22.7 Å². The number of benzene rings is 4. The summed E-state index contributed by atoms with van der Waals surface area (Å²) in [4.78, 5) is 29.2. The van der Waals surface area contributed by atoms with Crippen molar-refractivity contribution in [3.05, 3.63) is 124 Å². The Morgan fingerprint density at radius 1 is 0.864 bits per heavy atom. The molecule has 44 heavy (non-hydrogen) atoms. The van der Waals surface area contributed by atoms with Crippen molar-refractivity contribution in [1.29, 1.82) is 0 Å². The number of halogens is 1. The van der Waals surface area contributed by atoms with E-state index in [4.69, 9.17) is 16.3 Å². The number of hydrogen-bond acceptors (Lipinski definition) is 5. The van der Waals surface area contributed by atoms with Crippen LogP contribution in [0.15, 0.2) is 102 Å². The molecule has 0 heterocycles. The Bertz CT molecular complexity index is 1710. The number of carbonyl (C=O) groups excluding carboxylic acids is 2. The van der Waals surface area contributed by atoms with Gasteiger partial charge in [0.15, 0.2) is 0 Å². The van der Waals surface area contributed by atoms with E-state index in [0.29, 0.717) is 5.75 Å². The van der Waals surface area contributed by atoms with Gasteiger partial charge in [0.25, 0.3) is 10.0 Å². The summed E-state index contributed by atoms with van der Waals surface area (Å²) in [6, 6.07) is 27.0. The molecule has 0 aliphatic heterocycles. The van der Waals surface area contributed by atoms with E-state index in [0.717, 1.165) is 26.6 Å². The Balaban J connectivity index is 1.81. The number of sulfonamides is 1. The number of nitrogens with one attached hydrogen (secondary N) is 1. The number of carbonyl (C=O) groups is 2. The van der Waals surface area contributed by atoms with Crippen LogP contribution in [0.1, 0.15) is 22.3 Å². The van der Waals surface area contributed by atoms with E-state index in [2.05, 4.69) is 5.32 Å². The summed E-state index contributed by atoms with van der Waals surface area (Å²) >= 11 is 6.42. The second kappa shape index (κ2) is 14.4. The Kier molecular flexibility index (Phi) is 10.7. The van der Waals surface area contributed by atoms with Crippen LogP contribution in [-0.2, 0) is 32.6 Å². The van der Waals surface area contributed by atoms with Gasteiger partial charge in [0.1, 0.15) is 18.3 Å². The molecule has 0 aliphatic rings. The van der Waals surface area contributed by atoms with E-state index in [1.807, 2.05) is 68.4 Å². The molecule has 4 aromatic carbocycles. The lowest BCUT2D eigenvalue weighted by atomic mass is 10.0. The van der Waals surface area contributed by atoms with Crippen LogP contribution in [0, 0.1) is 13.8 Å². The summed E-state index contributed by atoms with van der Waals surface area (Å²) in [5.41, 5.74) is 3.72. The maximum Gasteiger partial charge on any atom is 0.264 e. The SMILES string of the molecule is CNC(=O)[C@H](Cc1ccccc1)N(Cc1cccc(C)c1)C(=O)CN(c1ccc(OC)c(Cl)c1)S(=O)(=O)c1ccc(C)cc1. The molecule has 10 heteroatoms. The van der Waals surface area contributed by atoms with Crippen molar-refractivity contribution in [2.24, 2.45) is 0 Å². The van der Waals surface area contributed by atoms with Gasteiger partial charge in [-0.05, 0) is 55.3 Å². The molecule has 0 bridgehead atoms. The molecule has 1 N–H and O–H groups in total. The minimum Gasteiger partial charge on any atom is -0.495 e. The van der Waals surface area contributed by atoms with E-state index in [9.17, 15) is 18.0 Å². The molecular weight excluding hydrogens is 598 g/mol. The Labute approximate surface area is 264 Å². The number of hydrogen-bond donors (Lipinski definition) is 1. The first kappa shape index (κ1) is 32.6. The van der Waals surface area contributed by atoms with Gasteiger partial charge in [-0.25, -0.2) is 8.42 Å². The standard InChI is InChI=1S/C34H36ClN3O5S/c1-24-13-16-29(17-14-24)44(41,42)38(28-15-18-32(43-4)30(35)21-28)23-33(39)37(22-27-12-8-9-25(2)19-27)31(34(40)36-3)20-26-10-6-5-7-11-26/h5-19,21,31H,20,22-23H2,1-4H3,(H,36,40)/t31-/m0/s1. The average Bonchev–Trinajstić information content (AvgIpc) is 3.01. The minimum absolute atomic E-state index is 0.0141. The summed E-state index contributed by atoms with van der Waals surface area (Å²) in [6.07, 6.45) is 0.233. The number of nitrogens with zero attached hydrogens (tertiary/aromatic N) is 2. The molecule has 0 aliphatic carbocycles. The molecular formula is C34H36ClN3O5S. The Morgan fingerprint density at radius 3 is 2.16 bits per heavy atom. The van der Waals surface area contributed by atoms with E-state index < -0.39 is 28.5 Å². The lowest BCUT2D eigenvalue weighted by molar-refractivity contribution is -0.139. The molecule has 8 nitrogen and oxygen atoms in total. The maximum absolute atomic E-state index is 14.4. The third kappa shape index (κ3) is 7.78. The van der Waals surface area contributed by atoms with Crippen molar-refractivity contribution < 1.29 is 22.7 Å². The molecule has 0 spiro atoms. The van der Waals surface area contributed by atoms with Crippen LogP contribution < -0.4 is 14.4 Å². The first-order valence-electron chi connectivity index (χ1n) is 14.1. The fourth-order valence-corrected chi connectivity index (χ4v) is 6.56. The topological polar surface area (TPSA) is 96.0 Å². The summed E-state index contributed by atoms with van der Waals surface area (Å²) in [5.74, 6) is -0.563. The first-order valence-corrected chi connectivity index (χ1v) is 15.9. The normalized spacial score (nSPS) is 11.8. The Hall–Kier alpha value is -4.34. The molecule has 0 radical (unpaired) electrons. The van der Waals surface area contributed by atoms with Crippen molar-refractivity contribution in [2.75, 3.05) is 25.0 Å². The lowest BCUT2D eigenvalue weighted by Gasteiger charge is -2.33. The van der Waals surface area contributed by atoms with Gasteiger partial charge in [-0.15, -0.1) is 0 Å².